The van der Waals surface area contributed by atoms with Crippen LogP contribution in [0.5, 0.6) is 0 Å². The number of hydrogen-bond donors (Lipinski definition) is 1. The van der Waals surface area contributed by atoms with Crippen molar-refractivity contribution in [3.63, 3.8) is 0 Å². The maximum atomic E-state index is 12.7. The third-order valence-electron chi connectivity index (χ3n) is 4.49. The quantitative estimate of drug-likeness (QED) is 0.883. The van der Waals surface area contributed by atoms with E-state index in [-0.39, 0.29) is 10.5 Å². The van der Waals surface area contributed by atoms with E-state index in [1.807, 2.05) is 0 Å². The lowest BCUT2D eigenvalue weighted by Gasteiger charge is -2.18. The van der Waals surface area contributed by atoms with Gasteiger partial charge in [-0.2, -0.15) is 4.31 Å². The van der Waals surface area contributed by atoms with Crippen molar-refractivity contribution in [2.24, 2.45) is 11.8 Å². The van der Waals surface area contributed by atoms with Crippen molar-refractivity contribution < 1.29 is 18.3 Å². The van der Waals surface area contributed by atoms with Gasteiger partial charge in [-0.1, -0.05) is 6.42 Å². The van der Waals surface area contributed by atoms with Gasteiger partial charge < -0.3 is 5.11 Å². The molecule has 1 aliphatic heterocycles. The van der Waals surface area contributed by atoms with Gasteiger partial charge in [-0.3, -0.25) is 0 Å². The molecule has 21 heavy (non-hydrogen) atoms. The van der Waals surface area contributed by atoms with E-state index in [9.17, 15) is 13.2 Å². The number of carbonyl (C=O) groups is 1. The molecule has 0 aromatic heterocycles. The van der Waals surface area contributed by atoms with Gasteiger partial charge in [-0.25, -0.2) is 13.2 Å². The Bertz CT molecular complexity index is 676. The number of halogens is 1. The Hall–Kier alpha value is -0.920. The number of benzene rings is 1. The normalized spacial score (nSPS) is 26.0. The molecule has 3 rings (SSSR count). The fourth-order valence-electron chi connectivity index (χ4n) is 3.37. The molecule has 1 aliphatic carbocycles. The molecule has 0 bridgehead atoms. The molecule has 0 radical (unpaired) electrons. The summed E-state index contributed by atoms with van der Waals surface area (Å²) in [5.74, 6) is -0.107. The monoisotopic (exact) mass is 373 g/mol. The molecule has 7 heteroatoms. The second-order valence-corrected chi connectivity index (χ2v) is 8.48. The summed E-state index contributed by atoms with van der Waals surface area (Å²) in [5.41, 5.74) is 0.0686. The Labute approximate surface area is 132 Å². The molecule has 0 spiro atoms. The van der Waals surface area contributed by atoms with Gasteiger partial charge in [0, 0.05) is 17.6 Å². The second-order valence-electron chi connectivity index (χ2n) is 5.72. The molecule has 2 fully saturated rings. The van der Waals surface area contributed by atoms with Crippen molar-refractivity contribution in [3.05, 3.63) is 28.2 Å². The van der Waals surface area contributed by atoms with Crippen LogP contribution in [0.15, 0.2) is 27.6 Å². The largest absolute Gasteiger partial charge is 0.478 e. The molecule has 1 heterocycles. The Balaban J connectivity index is 1.90. The van der Waals surface area contributed by atoms with Gasteiger partial charge in [-0.15, -0.1) is 0 Å². The molecule has 2 aliphatic rings. The highest BCUT2D eigenvalue weighted by Crippen LogP contribution is 2.40. The minimum Gasteiger partial charge on any atom is -0.478 e. The van der Waals surface area contributed by atoms with Crippen LogP contribution in [-0.4, -0.2) is 36.9 Å². The van der Waals surface area contributed by atoms with Crippen LogP contribution in [0.25, 0.3) is 0 Å². The molecule has 114 valence electrons. The van der Waals surface area contributed by atoms with Gasteiger partial charge in [0.25, 0.3) is 0 Å². The lowest BCUT2D eigenvalue weighted by molar-refractivity contribution is 0.0696. The number of carboxylic acids is 1. The zero-order valence-corrected chi connectivity index (χ0v) is 13.7. The summed E-state index contributed by atoms with van der Waals surface area (Å²) in [7, 11) is -3.56. The first-order valence-electron chi connectivity index (χ1n) is 6.92. The summed E-state index contributed by atoms with van der Waals surface area (Å²) in [5, 5.41) is 8.94. The predicted octanol–water partition coefficient (Wildman–Crippen LogP) is 2.57. The second kappa shape index (κ2) is 5.37. The molecule has 1 saturated carbocycles. The van der Waals surface area contributed by atoms with Crippen molar-refractivity contribution in [1.82, 2.24) is 4.31 Å². The number of nitrogens with zero attached hydrogens (tertiary/aromatic N) is 1. The molecule has 5 nitrogen and oxygen atoms in total. The summed E-state index contributed by atoms with van der Waals surface area (Å²) >= 11 is 3.19. The number of sulfonamides is 1. The third-order valence-corrected chi connectivity index (χ3v) is 7.30. The van der Waals surface area contributed by atoms with Crippen LogP contribution in [-0.2, 0) is 10.0 Å². The lowest BCUT2D eigenvalue weighted by Crippen LogP contribution is -2.30. The maximum Gasteiger partial charge on any atom is 0.335 e. The summed E-state index contributed by atoms with van der Waals surface area (Å²) in [6.07, 6.45) is 3.41. The van der Waals surface area contributed by atoms with Crippen molar-refractivity contribution in [3.8, 4) is 0 Å². The standard InChI is InChI=1S/C14H16BrNO4S/c15-12-6-9(14(17)18)4-5-13(12)21(19,20)16-7-10-2-1-3-11(10)8-16/h4-6,10-11H,1-3,7-8H2,(H,17,18). The molecule has 0 amide bonds. The summed E-state index contributed by atoms with van der Waals surface area (Å²) in [6, 6.07) is 4.04. The third kappa shape index (κ3) is 2.62. The first kappa shape index (κ1) is 15.0. The minimum atomic E-state index is -3.56. The summed E-state index contributed by atoms with van der Waals surface area (Å²) < 4.78 is 27.3. The molecule has 1 N–H and O–H groups in total. The van der Waals surface area contributed by atoms with E-state index in [2.05, 4.69) is 15.9 Å². The topological polar surface area (TPSA) is 74.7 Å². The van der Waals surface area contributed by atoms with Gasteiger partial charge in [0.05, 0.1) is 10.5 Å². The van der Waals surface area contributed by atoms with Crippen LogP contribution in [0.3, 0.4) is 0 Å². The summed E-state index contributed by atoms with van der Waals surface area (Å²) in [6.45, 7) is 1.17. The molecule has 1 aromatic rings. The Morgan fingerprint density at radius 1 is 1.24 bits per heavy atom. The van der Waals surface area contributed by atoms with Crippen molar-refractivity contribution in [1.29, 1.82) is 0 Å². The average molecular weight is 374 g/mol. The zero-order chi connectivity index (χ0) is 15.2. The molecule has 1 aromatic carbocycles. The fraction of sp³-hybridized carbons (Fsp3) is 0.500. The minimum absolute atomic E-state index is 0.0686. The lowest BCUT2D eigenvalue weighted by atomic mass is 10.0. The van der Waals surface area contributed by atoms with Crippen LogP contribution in [0, 0.1) is 11.8 Å². The number of hydrogen-bond acceptors (Lipinski definition) is 3. The number of carboxylic acid groups (broad SMARTS) is 1. The predicted molar refractivity (Wildman–Crippen MR) is 80.7 cm³/mol. The van der Waals surface area contributed by atoms with Crippen molar-refractivity contribution in [2.75, 3.05) is 13.1 Å². The molecular formula is C14H16BrNO4S. The Kier molecular flexibility index (Phi) is 3.83. The van der Waals surface area contributed by atoms with Crippen LogP contribution >= 0.6 is 15.9 Å². The van der Waals surface area contributed by atoms with E-state index in [1.165, 1.54) is 24.6 Å². The highest BCUT2D eigenvalue weighted by molar-refractivity contribution is 9.10. The molecular weight excluding hydrogens is 358 g/mol. The van der Waals surface area contributed by atoms with Gasteiger partial charge in [0.15, 0.2) is 0 Å². The maximum absolute atomic E-state index is 12.7. The number of aromatic carboxylic acids is 1. The smallest absolute Gasteiger partial charge is 0.335 e. The van der Waals surface area contributed by atoms with E-state index in [0.717, 1.165) is 12.8 Å². The first-order chi connectivity index (χ1) is 9.89. The van der Waals surface area contributed by atoms with Gasteiger partial charge in [0.2, 0.25) is 10.0 Å². The Morgan fingerprint density at radius 2 is 1.86 bits per heavy atom. The van der Waals surface area contributed by atoms with Crippen LogP contribution in [0.4, 0.5) is 0 Å². The average Bonchev–Trinajstić information content (AvgIpc) is 2.98. The van der Waals surface area contributed by atoms with E-state index >= 15 is 0 Å². The van der Waals surface area contributed by atoms with Crippen molar-refractivity contribution in [2.45, 2.75) is 24.2 Å². The summed E-state index contributed by atoms with van der Waals surface area (Å²) in [4.78, 5) is 11.1. The molecule has 1 saturated heterocycles. The number of fused-ring (bicyclic) bond motifs is 1. The molecule has 2 unspecified atom stereocenters. The SMILES string of the molecule is O=C(O)c1ccc(S(=O)(=O)N2CC3CCCC3C2)c(Br)c1. The van der Waals surface area contributed by atoms with Gasteiger partial charge >= 0.3 is 5.97 Å². The van der Waals surface area contributed by atoms with Crippen LogP contribution in [0.2, 0.25) is 0 Å². The van der Waals surface area contributed by atoms with E-state index < -0.39 is 16.0 Å². The van der Waals surface area contributed by atoms with Crippen LogP contribution in [0.1, 0.15) is 29.6 Å². The Morgan fingerprint density at radius 3 is 2.38 bits per heavy atom. The zero-order valence-electron chi connectivity index (χ0n) is 11.3. The van der Waals surface area contributed by atoms with E-state index in [1.54, 1.807) is 4.31 Å². The van der Waals surface area contributed by atoms with Gasteiger partial charge in [-0.05, 0) is 58.8 Å². The highest BCUT2D eigenvalue weighted by atomic mass is 79.9. The number of rotatable bonds is 3. The highest BCUT2D eigenvalue weighted by Gasteiger charge is 2.41. The van der Waals surface area contributed by atoms with Gasteiger partial charge in [0.1, 0.15) is 0 Å². The van der Waals surface area contributed by atoms with Crippen LogP contribution < -0.4 is 0 Å². The van der Waals surface area contributed by atoms with E-state index in [0.29, 0.717) is 29.4 Å². The fourth-order valence-corrected chi connectivity index (χ4v) is 5.96. The molecule has 2 atom stereocenters. The first-order valence-corrected chi connectivity index (χ1v) is 9.16. The van der Waals surface area contributed by atoms with Crippen molar-refractivity contribution >= 4 is 31.9 Å². The van der Waals surface area contributed by atoms with E-state index in [4.69, 9.17) is 5.11 Å².